The summed E-state index contributed by atoms with van der Waals surface area (Å²) in [7, 11) is 0. The van der Waals surface area contributed by atoms with E-state index in [0.717, 1.165) is 18.5 Å². The molecule has 0 saturated heterocycles. The fraction of sp³-hybridized carbons (Fsp3) is 0.562. The van der Waals surface area contributed by atoms with Crippen LogP contribution in [0, 0.1) is 11.3 Å². The topological polar surface area (TPSA) is 29.1 Å². The molecule has 1 amide bonds. The molecule has 0 aliphatic rings. The van der Waals surface area contributed by atoms with Crippen LogP contribution in [0.5, 0.6) is 0 Å². The summed E-state index contributed by atoms with van der Waals surface area (Å²) in [5.41, 5.74) is 1.23. The van der Waals surface area contributed by atoms with Crippen molar-refractivity contribution >= 4 is 5.91 Å². The van der Waals surface area contributed by atoms with Crippen LogP contribution in [0.2, 0.25) is 0 Å². The molecule has 0 atom stereocenters. The number of hydrogen-bond donors (Lipinski definition) is 1. The highest BCUT2D eigenvalue weighted by Crippen LogP contribution is 2.24. The minimum absolute atomic E-state index is 0.109. The average Bonchev–Trinajstić information content (AvgIpc) is 2.26. The lowest BCUT2D eigenvalue weighted by molar-refractivity contribution is -0.120. The van der Waals surface area contributed by atoms with Gasteiger partial charge in [-0.3, -0.25) is 4.79 Å². The van der Waals surface area contributed by atoms with Crippen LogP contribution in [0.15, 0.2) is 30.3 Å². The van der Waals surface area contributed by atoms with Gasteiger partial charge < -0.3 is 5.32 Å². The van der Waals surface area contributed by atoms with Crippen molar-refractivity contribution in [3.63, 3.8) is 0 Å². The van der Waals surface area contributed by atoms with Gasteiger partial charge in [0.05, 0.1) is 6.42 Å². The van der Waals surface area contributed by atoms with Crippen molar-refractivity contribution in [2.75, 3.05) is 6.54 Å². The summed E-state index contributed by atoms with van der Waals surface area (Å²) < 4.78 is 0. The van der Waals surface area contributed by atoms with Gasteiger partial charge in [0, 0.05) is 6.54 Å². The maximum absolute atomic E-state index is 11.8. The number of nitrogens with one attached hydrogen (secondary N) is 1. The molecule has 0 unspecified atom stereocenters. The molecule has 1 aromatic rings. The van der Waals surface area contributed by atoms with E-state index in [2.05, 4.69) is 33.0 Å². The van der Waals surface area contributed by atoms with Gasteiger partial charge >= 0.3 is 0 Å². The predicted octanol–water partition coefficient (Wildman–Crippen LogP) is 3.42. The maximum atomic E-state index is 11.8. The largest absolute Gasteiger partial charge is 0.355 e. The Morgan fingerprint density at radius 2 is 1.83 bits per heavy atom. The van der Waals surface area contributed by atoms with Gasteiger partial charge in [0.2, 0.25) is 5.91 Å². The van der Waals surface area contributed by atoms with Crippen molar-refractivity contribution in [2.24, 2.45) is 11.3 Å². The van der Waals surface area contributed by atoms with Gasteiger partial charge in [0.15, 0.2) is 0 Å². The molecule has 2 nitrogen and oxygen atoms in total. The lowest BCUT2D eigenvalue weighted by Gasteiger charge is -2.27. The number of carbonyl (C=O) groups excluding carboxylic acids is 1. The molecule has 0 aliphatic carbocycles. The number of benzene rings is 1. The highest BCUT2D eigenvalue weighted by Gasteiger charge is 2.20. The van der Waals surface area contributed by atoms with Gasteiger partial charge in [-0.05, 0) is 23.3 Å². The second kappa shape index (κ2) is 6.58. The van der Waals surface area contributed by atoms with Gasteiger partial charge in [-0.1, -0.05) is 58.0 Å². The van der Waals surface area contributed by atoms with Crippen LogP contribution in [0.1, 0.15) is 39.7 Å². The first-order valence-corrected chi connectivity index (χ1v) is 6.70. The molecule has 18 heavy (non-hydrogen) atoms. The quantitative estimate of drug-likeness (QED) is 0.820. The minimum atomic E-state index is 0.109. The van der Waals surface area contributed by atoms with Crippen LogP contribution in [0.25, 0.3) is 0 Å². The van der Waals surface area contributed by atoms with Gasteiger partial charge in [-0.25, -0.2) is 0 Å². The molecule has 0 fully saturated rings. The first-order chi connectivity index (χ1) is 8.39. The monoisotopic (exact) mass is 247 g/mol. The minimum Gasteiger partial charge on any atom is -0.355 e. The normalized spacial score (nSPS) is 11.6. The number of amides is 1. The van der Waals surface area contributed by atoms with Gasteiger partial charge in [0.1, 0.15) is 0 Å². The molecule has 1 rings (SSSR count). The molecule has 2 heteroatoms. The van der Waals surface area contributed by atoms with E-state index in [0.29, 0.717) is 12.3 Å². The van der Waals surface area contributed by atoms with Crippen molar-refractivity contribution in [1.82, 2.24) is 5.32 Å². The third kappa shape index (κ3) is 5.85. The molecule has 0 heterocycles. The molecule has 0 spiro atoms. The van der Waals surface area contributed by atoms with E-state index in [9.17, 15) is 4.79 Å². The number of carbonyl (C=O) groups is 1. The van der Waals surface area contributed by atoms with Crippen molar-refractivity contribution in [3.05, 3.63) is 35.9 Å². The number of hydrogen-bond acceptors (Lipinski definition) is 1. The predicted molar refractivity (Wildman–Crippen MR) is 76.4 cm³/mol. The first-order valence-electron chi connectivity index (χ1n) is 6.70. The second-order valence-corrected chi connectivity index (χ2v) is 6.20. The molecule has 0 saturated carbocycles. The Kier molecular flexibility index (Phi) is 5.39. The van der Waals surface area contributed by atoms with Crippen LogP contribution in [0.4, 0.5) is 0 Å². The second-order valence-electron chi connectivity index (χ2n) is 6.20. The van der Waals surface area contributed by atoms with E-state index >= 15 is 0 Å². The third-order valence-corrected chi connectivity index (χ3v) is 2.93. The molecule has 0 aromatic heterocycles. The van der Waals surface area contributed by atoms with Crippen molar-refractivity contribution in [1.29, 1.82) is 0 Å². The Balaban J connectivity index is 2.37. The highest BCUT2D eigenvalue weighted by molar-refractivity contribution is 5.78. The number of rotatable bonds is 6. The van der Waals surface area contributed by atoms with Gasteiger partial charge in [0.25, 0.3) is 0 Å². The fourth-order valence-corrected chi connectivity index (χ4v) is 2.36. The fourth-order valence-electron chi connectivity index (χ4n) is 2.36. The summed E-state index contributed by atoms with van der Waals surface area (Å²) in [5.74, 6) is 0.768. The average molecular weight is 247 g/mol. The third-order valence-electron chi connectivity index (χ3n) is 2.93. The Hall–Kier alpha value is -1.31. The zero-order valence-corrected chi connectivity index (χ0v) is 12.0. The molecule has 1 aromatic carbocycles. The van der Waals surface area contributed by atoms with Crippen molar-refractivity contribution in [2.45, 2.75) is 40.5 Å². The van der Waals surface area contributed by atoms with E-state index < -0.39 is 0 Å². The van der Waals surface area contributed by atoms with Crippen LogP contribution >= 0.6 is 0 Å². The summed E-state index contributed by atoms with van der Waals surface area (Å²) in [4.78, 5) is 11.8. The van der Waals surface area contributed by atoms with Crippen molar-refractivity contribution in [3.8, 4) is 0 Å². The van der Waals surface area contributed by atoms with Gasteiger partial charge in [-0.15, -0.1) is 0 Å². The van der Waals surface area contributed by atoms with Crippen molar-refractivity contribution < 1.29 is 4.79 Å². The SMILES string of the molecule is CC(C)CC(C)(C)CNC(=O)Cc1ccccc1. The first kappa shape index (κ1) is 14.7. The summed E-state index contributed by atoms with van der Waals surface area (Å²) in [6.45, 7) is 9.59. The van der Waals surface area contributed by atoms with Crippen LogP contribution in [-0.2, 0) is 11.2 Å². The molecule has 0 aliphatic heterocycles. The van der Waals surface area contributed by atoms with E-state index in [4.69, 9.17) is 0 Å². The summed E-state index contributed by atoms with van der Waals surface area (Å²) in [6.07, 6.45) is 1.59. The Labute approximate surface area is 111 Å². The molecule has 0 radical (unpaired) electrons. The zero-order chi connectivity index (χ0) is 13.6. The molecule has 1 N–H and O–H groups in total. The van der Waals surface area contributed by atoms with E-state index in [1.165, 1.54) is 0 Å². The van der Waals surface area contributed by atoms with E-state index in [1.54, 1.807) is 0 Å². The summed E-state index contributed by atoms with van der Waals surface area (Å²) in [5, 5.41) is 3.04. The lowest BCUT2D eigenvalue weighted by atomic mass is 9.84. The smallest absolute Gasteiger partial charge is 0.224 e. The molecular weight excluding hydrogens is 222 g/mol. The van der Waals surface area contributed by atoms with E-state index in [1.807, 2.05) is 30.3 Å². The summed E-state index contributed by atoms with van der Waals surface area (Å²) >= 11 is 0. The standard InChI is InChI=1S/C16H25NO/c1-13(2)11-16(3,4)12-17-15(18)10-14-8-6-5-7-9-14/h5-9,13H,10-12H2,1-4H3,(H,17,18). The van der Waals surface area contributed by atoms with Gasteiger partial charge in [-0.2, -0.15) is 0 Å². The maximum Gasteiger partial charge on any atom is 0.224 e. The molecular formula is C16H25NO. The molecule has 0 bridgehead atoms. The van der Waals surface area contributed by atoms with Crippen LogP contribution in [0.3, 0.4) is 0 Å². The lowest BCUT2D eigenvalue weighted by Crippen LogP contribution is -2.35. The summed E-state index contributed by atoms with van der Waals surface area (Å²) in [6, 6.07) is 9.86. The zero-order valence-electron chi connectivity index (χ0n) is 12.0. The van der Waals surface area contributed by atoms with E-state index in [-0.39, 0.29) is 11.3 Å². The Morgan fingerprint density at radius 1 is 1.22 bits per heavy atom. The Bertz CT molecular complexity index is 368. The van der Waals surface area contributed by atoms with Crippen LogP contribution in [-0.4, -0.2) is 12.5 Å². The Morgan fingerprint density at radius 3 is 2.39 bits per heavy atom. The van der Waals surface area contributed by atoms with Crippen LogP contribution < -0.4 is 5.32 Å². The highest BCUT2D eigenvalue weighted by atomic mass is 16.1. The molecule has 100 valence electrons.